The zero-order valence-corrected chi connectivity index (χ0v) is 11.4. The summed E-state index contributed by atoms with van der Waals surface area (Å²) in [5, 5.41) is 11.9. The number of aliphatic carboxylic acids is 1. The first-order valence-corrected chi connectivity index (χ1v) is 6.99. The molecular formula is C13H26N2O3. The Hall–Kier alpha value is -0.650. The topological polar surface area (TPSA) is 61.8 Å². The van der Waals surface area contributed by atoms with Crippen LogP contribution in [0, 0.1) is 0 Å². The molecule has 0 amide bonds. The number of carbonyl (C=O) groups is 1. The lowest BCUT2D eigenvalue weighted by atomic mass is 10.2. The second kappa shape index (κ2) is 9.30. The van der Waals surface area contributed by atoms with Crippen LogP contribution in [0.3, 0.4) is 0 Å². The molecule has 0 aliphatic carbocycles. The Morgan fingerprint density at radius 3 is 3.00 bits per heavy atom. The molecule has 0 radical (unpaired) electrons. The average molecular weight is 258 g/mol. The van der Waals surface area contributed by atoms with Gasteiger partial charge in [0, 0.05) is 26.1 Å². The van der Waals surface area contributed by atoms with Gasteiger partial charge in [-0.25, -0.2) is 0 Å². The highest BCUT2D eigenvalue weighted by molar-refractivity contribution is 5.66. The van der Waals surface area contributed by atoms with Crippen molar-refractivity contribution in [1.29, 1.82) is 0 Å². The van der Waals surface area contributed by atoms with Crippen molar-refractivity contribution in [3.63, 3.8) is 0 Å². The van der Waals surface area contributed by atoms with Crippen LogP contribution in [0.25, 0.3) is 0 Å². The van der Waals surface area contributed by atoms with Crippen LogP contribution in [0.4, 0.5) is 0 Å². The molecule has 1 heterocycles. The van der Waals surface area contributed by atoms with Crippen molar-refractivity contribution < 1.29 is 14.6 Å². The third kappa shape index (κ3) is 6.93. The maximum absolute atomic E-state index is 10.3. The number of hydrogen-bond donors (Lipinski definition) is 2. The quantitative estimate of drug-likeness (QED) is 0.603. The molecule has 1 saturated heterocycles. The van der Waals surface area contributed by atoms with E-state index in [-0.39, 0.29) is 6.42 Å². The summed E-state index contributed by atoms with van der Waals surface area (Å²) >= 11 is 0. The van der Waals surface area contributed by atoms with Gasteiger partial charge in [-0.05, 0) is 25.9 Å². The van der Waals surface area contributed by atoms with E-state index in [1.807, 2.05) is 0 Å². The minimum atomic E-state index is -0.696. The molecule has 0 saturated carbocycles. The summed E-state index contributed by atoms with van der Waals surface area (Å²) in [6.07, 6.45) is 3.39. The predicted molar refractivity (Wildman–Crippen MR) is 70.8 cm³/mol. The molecule has 0 bridgehead atoms. The number of hydrogen-bond acceptors (Lipinski definition) is 4. The third-order valence-corrected chi connectivity index (χ3v) is 3.29. The number of likely N-dealkylation sites (N-methyl/N-ethyl adjacent to an activating group) is 1. The maximum atomic E-state index is 10.3. The van der Waals surface area contributed by atoms with Crippen LogP contribution in [0.2, 0.25) is 0 Å². The number of rotatable bonds is 9. The lowest BCUT2D eigenvalue weighted by Crippen LogP contribution is -2.46. The van der Waals surface area contributed by atoms with Gasteiger partial charge in [-0.15, -0.1) is 0 Å². The molecule has 1 fully saturated rings. The molecule has 0 aromatic rings. The number of unbranched alkanes of at least 4 members (excludes halogenated alkanes) is 2. The van der Waals surface area contributed by atoms with Crippen molar-refractivity contribution in [3.05, 3.63) is 0 Å². The van der Waals surface area contributed by atoms with E-state index >= 15 is 0 Å². The summed E-state index contributed by atoms with van der Waals surface area (Å²) in [5.41, 5.74) is 0. The van der Waals surface area contributed by atoms with Crippen LogP contribution >= 0.6 is 0 Å². The number of morpholine rings is 1. The zero-order valence-electron chi connectivity index (χ0n) is 11.4. The van der Waals surface area contributed by atoms with Crippen LogP contribution in [-0.2, 0) is 9.53 Å². The van der Waals surface area contributed by atoms with Crippen molar-refractivity contribution in [2.45, 2.75) is 38.7 Å². The van der Waals surface area contributed by atoms with E-state index in [2.05, 4.69) is 17.1 Å². The summed E-state index contributed by atoms with van der Waals surface area (Å²) < 4.78 is 5.69. The smallest absolute Gasteiger partial charge is 0.303 e. The summed E-state index contributed by atoms with van der Waals surface area (Å²) in [6.45, 7) is 8.01. The summed E-state index contributed by atoms with van der Waals surface area (Å²) in [5.74, 6) is -0.696. The van der Waals surface area contributed by atoms with E-state index < -0.39 is 5.97 Å². The van der Waals surface area contributed by atoms with Crippen molar-refractivity contribution >= 4 is 5.97 Å². The SMILES string of the molecule is CCN1CCOC(CNCCCCCC(=O)O)C1. The van der Waals surface area contributed by atoms with E-state index in [4.69, 9.17) is 9.84 Å². The summed E-state index contributed by atoms with van der Waals surface area (Å²) in [4.78, 5) is 12.7. The highest BCUT2D eigenvalue weighted by Gasteiger charge is 2.18. The molecule has 1 aliphatic rings. The molecule has 1 unspecified atom stereocenters. The van der Waals surface area contributed by atoms with Crippen LogP contribution in [0.1, 0.15) is 32.6 Å². The highest BCUT2D eigenvalue weighted by atomic mass is 16.5. The standard InChI is InChI=1S/C13H26N2O3/c1-2-15-8-9-18-12(11-15)10-14-7-5-3-4-6-13(16)17/h12,14H,2-11H2,1H3,(H,16,17). The lowest BCUT2D eigenvalue weighted by molar-refractivity contribution is -0.137. The van der Waals surface area contributed by atoms with Gasteiger partial charge in [0.25, 0.3) is 0 Å². The second-order valence-corrected chi connectivity index (χ2v) is 4.79. The van der Waals surface area contributed by atoms with Gasteiger partial charge in [0.15, 0.2) is 0 Å². The van der Waals surface area contributed by atoms with Crippen molar-refractivity contribution in [2.24, 2.45) is 0 Å². The summed E-state index contributed by atoms with van der Waals surface area (Å²) in [7, 11) is 0. The molecular weight excluding hydrogens is 232 g/mol. The van der Waals surface area contributed by atoms with Gasteiger partial charge in [-0.3, -0.25) is 9.69 Å². The van der Waals surface area contributed by atoms with Crippen LogP contribution in [0.5, 0.6) is 0 Å². The molecule has 5 heteroatoms. The first kappa shape index (κ1) is 15.4. The number of carboxylic acids is 1. The number of nitrogens with zero attached hydrogens (tertiary/aromatic N) is 1. The van der Waals surface area contributed by atoms with E-state index in [1.54, 1.807) is 0 Å². The van der Waals surface area contributed by atoms with E-state index in [0.717, 1.165) is 58.6 Å². The van der Waals surface area contributed by atoms with Gasteiger partial charge in [0.1, 0.15) is 0 Å². The van der Waals surface area contributed by atoms with Crippen LogP contribution in [0.15, 0.2) is 0 Å². The molecule has 106 valence electrons. The number of ether oxygens (including phenoxy) is 1. The van der Waals surface area contributed by atoms with Crippen molar-refractivity contribution in [1.82, 2.24) is 10.2 Å². The first-order valence-electron chi connectivity index (χ1n) is 6.99. The fourth-order valence-electron chi connectivity index (χ4n) is 2.16. The highest BCUT2D eigenvalue weighted by Crippen LogP contribution is 2.04. The monoisotopic (exact) mass is 258 g/mol. The Morgan fingerprint density at radius 2 is 2.28 bits per heavy atom. The third-order valence-electron chi connectivity index (χ3n) is 3.29. The van der Waals surface area contributed by atoms with Crippen molar-refractivity contribution in [3.8, 4) is 0 Å². The van der Waals surface area contributed by atoms with Crippen LogP contribution < -0.4 is 5.32 Å². The molecule has 0 spiro atoms. The maximum Gasteiger partial charge on any atom is 0.303 e. The summed E-state index contributed by atoms with van der Waals surface area (Å²) in [6, 6.07) is 0. The largest absolute Gasteiger partial charge is 0.481 e. The van der Waals surface area contributed by atoms with E-state index in [1.165, 1.54) is 0 Å². The van der Waals surface area contributed by atoms with Gasteiger partial charge in [-0.2, -0.15) is 0 Å². The Balaban J connectivity index is 1.92. The Kier molecular flexibility index (Phi) is 7.96. The van der Waals surface area contributed by atoms with Gasteiger partial charge < -0.3 is 15.2 Å². The Bertz CT molecular complexity index is 236. The molecule has 5 nitrogen and oxygen atoms in total. The van der Waals surface area contributed by atoms with Gasteiger partial charge >= 0.3 is 5.97 Å². The molecule has 0 aromatic carbocycles. The van der Waals surface area contributed by atoms with Gasteiger partial charge in [-0.1, -0.05) is 13.3 Å². The first-order chi connectivity index (χ1) is 8.72. The normalized spacial score (nSPS) is 21.1. The number of nitrogens with one attached hydrogen (secondary N) is 1. The molecule has 1 rings (SSSR count). The molecule has 2 N–H and O–H groups in total. The fourth-order valence-corrected chi connectivity index (χ4v) is 2.16. The van der Waals surface area contributed by atoms with E-state index in [0.29, 0.717) is 6.10 Å². The molecule has 0 aromatic heterocycles. The molecule has 1 aliphatic heterocycles. The Morgan fingerprint density at radius 1 is 1.44 bits per heavy atom. The average Bonchev–Trinajstić information content (AvgIpc) is 2.37. The minimum absolute atomic E-state index is 0.289. The zero-order chi connectivity index (χ0) is 13.2. The fraction of sp³-hybridized carbons (Fsp3) is 0.923. The van der Waals surface area contributed by atoms with Crippen LogP contribution in [-0.4, -0.2) is 61.4 Å². The van der Waals surface area contributed by atoms with Gasteiger partial charge in [0.05, 0.1) is 12.7 Å². The van der Waals surface area contributed by atoms with Crippen molar-refractivity contribution in [2.75, 3.05) is 39.3 Å². The van der Waals surface area contributed by atoms with E-state index in [9.17, 15) is 4.79 Å². The predicted octanol–water partition coefficient (Wildman–Crippen LogP) is 0.942. The lowest BCUT2D eigenvalue weighted by Gasteiger charge is -2.32. The minimum Gasteiger partial charge on any atom is -0.481 e. The Labute approximate surface area is 109 Å². The van der Waals surface area contributed by atoms with Gasteiger partial charge in [0.2, 0.25) is 0 Å². The second-order valence-electron chi connectivity index (χ2n) is 4.79. The molecule has 1 atom stereocenters. The number of carboxylic acid groups (broad SMARTS) is 1. The molecule has 18 heavy (non-hydrogen) atoms.